The van der Waals surface area contributed by atoms with Gasteiger partial charge in [-0.25, -0.2) is 14.4 Å². The molecule has 0 spiro atoms. The molecule has 1 heterocycles. The SMILES string of the molecule is CCC(O)COC(=O)c1ccc(C(=O)OCC(O)CN2C(=O)N(C)C(=O)C(CC)(CC)C2=O)c2ccccc12. The van der Waals surface area contributed by atoms with Crippen molar-refractivity contribution in [2.45, 2.75) is 52.2 Å². The van der Waals surface area contributed by atoms with Gasteiger partial charge in [0.1, 0.15) is 24.7 Å². The molecule has 1 aliphatic rings. The van der Waals surface area contributed by atoms with Crippen LogP contribution in [0.2, 0.25) is 0 Å². The number of β-amino-alcohol motifs (C(OH)–C–C–N with tert-alkyl or cyclic N) is 1. The number of hydrogen-bond acceptors (Lipinski definition) is 9. The average Bonchev–Trinajstić information content (AvgIpc) is 2.95. The highest BCUT2D eigenvalue weighted by Gasteiger charge is 2.54. The number of rotatable bonds is 11. The van der Waals surface area contributed by atoms with Crippen LogP contribution < -0.4 is 0 Å². The van der Waals surface area contributed by atoms with Gasteiger partial charge in [-0.15, -0.1) is 0 Å². The Balaban J connectivity index is 1.73. The van der Waals surface area contributed by atoms with Crippen molar-refractivity contribution < 1.29 is 43.7 Å². The van der Waals surface area contributed by atoms with Crippen LogP contribution in [0.25, 0.3) is 10.8 Å². The maximum atomic E-state index is 13.1. The summed E-state index contributed by atoms with van der Waals surface area (Å²) in [5, 5.41) is 21.1. The molecule has 1 aliphatic heterocycles. The molecule has 210 valence electrons. The minimum Gasteiger partial charge on any atom is -0.459 e. The van der Waals surface area contributed by atoms with Gasteiger partial charge >= 0.3 is 18.0 Å². The first-order valence-electron chi connectivity index (χ1n) is 12.9. The number of esters is 2. The Hall–Kier alpha value is -3.83. The summed E-state index contributed by atoms with van der Waals surface area (Å²) in [4.78, 5) is 65.6. The molecule has 11 heteroatoms. The van der Waals surface area contributed by atoms with Crippen LogP contribution in [0.1, 0.15) is 60.7 Å². The van der Waals surface area contributed by atoms with Gasteiger partial charge in [-0.1, -0.05) is 45.0 Å². The van der Waals surface area contributed by atoms with Crippen LogP contribution in [-0.4, -0.2) is 88.8 Å². The summed E-state index contributed by atoms with van der Waals surface area (Å²) in [5.74, 6) is -2.71. The van der Waals surface area contributed by atoms with Gasteiger partial charge in [0.2, 0.25) is 11.8 Å². The minimum absolute atomic E-state index is 0.134. The zero-order valence-electron chi connectivity index (χ0n) is 22.5. The molecular weight excluding hydrogens is 508 g/mol. The highest BCUT2D eigenvalue weighted by Crippen LogP contribution is 2.35. The van der Waals surface area contributed by atoms with E-state index >= 15 is 0 Å². The normalized spacial score (nSPS) is 16.8. The molecule has 2 aromatic rings. The number of barbiturate groups is 1. The maximum Gasteiger partial charge on any atom is 0.338 e. The lowest BCUT2D eigenvalue weighted by Crippen LogP contribution is -2.65. The van der Waals surface area contributed by atoms with Crippen LogP contribution in [0.15, 0.2) is 36.4 Å². The summed E-state index contributed by atoms with van der Waals surface area (Å²) in [7, 11) is 1.28. The van der Waals surface area contributed by atoms with E-state index in [1.54, 1.807) is 45.0 Å². The average molecular weight is 543 g/mol. The van der Waals surface area contributed by atoms with E-state index in [0.29, 0.717) is 17.2 Å². The number of ether oxygens (including phenoxy) is 2. The van der Waals surface area contributed by atoms with Gasteiger partial charge in [0.15, 0.2) is 0 Å². The number of benzene rings is 2. The number of nitrogens with zero attached hydrogens (tertiary/aromatic N) is 2. The lowest BCUT2D eigenvalue weighted by Gasteiger charge is -2.42. The highest BCUT2D eigenvalue weighted by atomic mass is 16.5. The van der Waals surface area contributed by atoms with E-state index < -0.39 is 60.6 Å². The van der Waals surface area contributed by atoms with E-state index in [9.17, 15) is 34.2 Å². The molecule has 1 saturated heterocycles. The molecule has 4 amide bonds. The molecule has 0 aliphatic carbocycles. The largest absolute Gasteiger partial charge is 0.459 e. The second-order valence-electron chi connectivity index (χ2n) is 9.47. The summed E-state index contributed by atoms with van der Waals surface area (Å²) in [6.07, 6.45) is -1.37. The third-order valence-electron chi connectivity index (χ3n) is 7.14. The molecule has 2 N–H and O–H groups in total. The molecule has 1 fully saturated rings. The Kier molecular flexibility index (Phi) is 9.41. The number of hydrogen-bond donors (Lipinski definition) is 2. The minimum atomic E-state index is -1.40. The Morgan fingerprint density at radius 1 is 0.821 bits per heavy atom. The number of carbonyl (C=O) groups excluding carboxylic acids is 5. The Morgan fingerprint density at radius 2 is 1.31 bits per heavy atom. The molecular formula is C28H34N2O9. The van der Waals surface area contributed by atoms with Crippen molar-refractivity contribution in [3.8, 4) is 0 Å². The third kappa shape index (κ3) is 5.79. The van der Waals surface area contributed by atoms with Crippen molar-refractivity contribution in [2.75, 3.05) is 26.8 Å². The number of fused-ring (bicyclic) bond motifs is 1. The first-order valence-corrected chi connectivity index (χ1v) is 12.9. The summed E-state index contributed by atoms with van der Waals surface area (Å²) >= 11 is 0. The van der Waals surface area contributed by atoms with Gasteiger partial charge in [0, 0.05) is 7.05 Å². The summed E-state index contributed by atoms with van der Waals surface area (Å²) in [5.41, 5.74) is -1.05. The van der Waals surface area contributed by atoms with E-state index in [1.165, 1.54) is 19.2 Å². The van der Waals surface area contributed by atoms with E-state index in [0.717, 1.165) is 9.80 Å². The third-order valence-corrected chi connectivity index (χ3v) is 7.14. The molecule has 0 saturated carbocycles. The molecule has 2 atom stereocenters. The van der Waals surface area contributed by atoms with Crippen molar-refractivity contribution in [2.24, 2.45) is 5.41 Å². The van der Waals surface area contributed by atoms with Gasteiger partial charge in [0.25, 0.3) is 0 Å². The number of aliphatic hydroxyl groups is 2. The van der Waals surface area contributed by atoms with Crippen LogP contribution in [0.4, 0.5) is 4.79 Å². The van der Waals surface area contributed by atoms with Crippen LogP contribution in [-0.2, 0) is 19.1 Å². The zero-order chi connectivity index (χ0) is 28.9. The van der Waals surface area contributed by atoms with Crippen LogP contribution >= 0.6 is 0 Å². The van der Waals surface area contributed by atoms with Crippen molar-refractivity contribution in [1.29, 1.82) is 0 Å². The Bertz CT molecular complexity index is 1270. The lowest BCUT2D eigenvalue weighted by atomic mass is 9.78. The van der Waals surface area contributed by atoms with E-state index in [-0.39, 0.29) is 30.6 Å². The fraction of sp³-hybridized carbons (Fsp3) is 0.464. The van der Waals surface area contributed by atoms with Gasteiger partial charge in [0.05, 0.1) is 23.8 Å². The molecule has 0 aromatic heterocycles. The van der Waals surface area contributed by atoms with E-state index in [4.69, 9.17) is 9.47 Å². The van der Waals surface area contributed by atoms with Gasteiger partial charge in [-0.2, -0.15) is 0 Å². The standard InChI is InChI=1S/C28H34N2O9/c1-5-17(31)15-38-23(33)21-12-13-22(20-11-9-8-10-19(20)21)24(34)39-16-18(32)14-30-26(36)28(6-2,7-3)25(35)29(4)27(30)37/h8-13,17-18,31-32H,5-7,14-16H2,1-4H3. The first kappa shape index (κ1) is 29.7. The highest BCUT2D eigenvalue weighted by molar-refractivity contribution is 6.19. The van der Waals surface area contributed by atoms with Crippen molar-refractivity contribution >= 4 is 40.6 Å². The number of amides is 4. The Morgan fingerprint density at radius 3 is 1.77 bits per heavy atom. The topological polar surface area (TPSA) is 151 Å². The fourth-order valence-corrected chi connectivity index (χ4v) is 4.58. The molecule has 3 rings (SSSR count). The molecule has 39 heavy (non-hydrogen) atoms. The van der Waals surface area contributed by atoms with Crippen LogP contribution in [0, 0.1) is 5.41 Å². The summed E-state index contributed by atoms with van der Waals surface area (Å²) < 4.78 is 10.5. The number of urea groups is 1. The van der Waals surface area contributed by atoms with Gasteiger partial charge in [-0.3, -0.25) is 19.4 Å². The molecule has 2 unspecified atom stereocenters. The summed E-state index contributed by atoms with van der Waals surface area (Å²) in [6.45, 7) is 3.99. The number of aliphatic hydroxyl groups excluding tert-OH is 2. The molecule has 2 aromatic carbocycles. The quantitative estimate of drug-likeness (QED) is 0.322. The maximum absolute atomic E-state index is 13.1. The number of carbonyl (C=O) groups is 5. The fourth-order valence-electron chi connectivity index (χ4n) is 4.58. The molecule has 11 nitrogen and oxygen atoms in total. The second-order valence-corrected chi connectivity index (χ2v) is 9.47. The van der Waals surface area contributed by atoms with Gasteiger partial charge < -0.3 is 19.7 Å². The monoisotopic (exact) mass is 542 g/mol. The van der Waals surface area contributed by atoms with Crippen LogP contribution in [0.3, 0.4) is 0 Å². The zero-order valence-corrected chi connectivity index (χ0v) is 22.5. The number of imide groups is 2. The van der Waals surface area contributed by atoms with E-state index in [2.05, 4.69) is 0 Å². The lowest BCUT2D eigenvalue weighted by molar-refractivity contribution is -0.159. The first-order chi connectivity index (χ1) is 18.5. The van der Waals surface area contributed by atoms with Crippen molar-refractivity contribution in [3.63, 3.8) is 0 Å². The Labute approximate surface area is 226 Å². The predicted octanol–water partition coefficient (Wildman–Crippen LogP) is 2.51. The summed E-state index contributed by atoms with van der Waals surface area (Å²) in [6, 6.07) is 8.62. The molecule has 0 radical (unpaired) electrons. The smallest absolute Gasteiger partial charge is 0.338 e. The van der Waals surface area contributed by atoms with Crippen LogP contribution in [0.5, 0.6) is 0 Å². The van der Waals surface area contributed by atoms with E-state index in [1.807, 2.05) is 0 Å². The molecule has 0 bridgehead atoms. The predicted molar refractivity (Wildman–Crippen MR) is 140 cm³/mol. The van der Waals surface area contributed by atoms with Gasteiger partial charge in [-0.05, 0) is 42.2 Å². The second kappa shape index (κ2) is 12.4. The van der Waals surface area contributed by atoms with Crippen molar-refractivity contribution in [3.05, 3.63) is 47.5 Å². The van der Waals surface area contributed by atoms with Crippen molar-refractivity contribution in [1.82, 2.24) is 9.80 Å².